The molecule has 1 unspecified atom stereocenters. The molecule has 1 fully saturated rings. The number of ether oxygens (including phenoxy) is 1. The Labute approximate surface area is 152 Å². The number of carbonyl (C=O) groups is 3. The summed E-state index contributed by atoms with van der Waals surface area (Å²) in [5.41, 5.74) is 2.41. The van der Waals surface area contributed by atoms with Crippen LogP contribution in [-0.2, 0) is 14.3 Å². The third-order valence-corrected chi connectivity index (χ3v) is 3.86. The predicted octanol–water partition coefficient (Wildman–Crippen LogP) is 1.83. The van der Waals surface area contributed by atoms with Crippen LogP contribution in [0.25, 0.3) is 0 Å². The van der Waals surface area contributed by atoms with Gasteiger partial charge in [0.2, 0.25) is 5.91 Å². The van der Waals surface area contributed by atoms with Gasteiger partial charge in [0, 0.05) is 6.54 Å². The lowest BCUT2D eigenvalue weighted by atomic mass is 10.1. The molecule has 0 aromatic heterocycles. The van der Waals surface area contributed by atoms with Crippen LogP contribution in [0.5, 0.6) is 0 Å². The van der Waals surface area contributed by atoms with Crippen LogP contribution in [-0.4, -0.2) is 46.3 Å². The Kier molecular flexibility index (Phi) is 6.20. The highest BCUT2D eigenvalue weighted by Crippen LogP contribution is 2.19. The summed E-state index contributed by atoms with van der Waals surface area (Å²) in [4.78, 5) is 36.1. The molecule has 2 amide bonds. The highest BCUT2D eigenvalue weighted by molar-refractivity contribution is 5.88. The molecule has 26 heavy (non-hydrogen) atoms. The Morgan fingerprint density at radius 1 is 1.23 bits per heavy atom. The molecule has 2 atom stereocenters. The number of carboxylic acids is 1. The summed E-state index contributed by atoms with van der Waals surface area (Å²) < 4.78 is 5.20. The summed E-state index contributed by atoms with van der Waals surface area (Å²) >= 11 is 0. The molecule has 142 valence electrons. The molecule has 0 bridgehead atoms. The van der Waals surface area contributed by atoms with Crippen LogP contribution in [0.1, 0.15) is 45.2 Å². The molecule has 0 spiro atoms. The molecule has 8 heteroatoms. The van der Waals surface area contributed by atoms with Gasteiger partial charge in [-0.15, -0.1) is 0 Å². The molecule has 1 aromatic carbocycles. The summed E-state index contributed by atoms with van der Waals surface area (Å²) in [7, 11) is 0. The minimum Gasteiger partial charge on any atom is -0.479 e. The van der Waals surface area contributed by atoms with Crippen molar-refractivity contribution < 1.29 is 24.2 Å². The van der Waals surface area contributed by atoms with E-state index in [-0.39, 0.29) is 0 Å². The fourth-order valence-electron chi connectivity index (χ4n) is 2.76. The van der Waals surface area contributed by atoms with Gasteiger partial charge in [0.25, 0.3) is 0 Å². The van der Waals surface area contributed by atoms with E-state index >= 15 is 0 Å². The van der Waals surface area contributed by atoms with E-state index in [1.165, 1.54) is 5.01 Å². The van der Waals surface area contributed by atoms with Crippen molar-refractivity contribution in [1.29, 1.82) is 0 Å². The molecule has 0 aliphatic carbocycles. The molecular formula is C18H25N3O5. The average molecular weight is 363 g/mol. The molecule has 0 radical (unpaired) electrons. The van der Waals surface area contributed by atoms with E-state index in [0.29, 0.717) is 24.9 Å². The van der Waals surface area contributed by atoms with Crippen LogP contribution in [0.15, 0.2) is 30.3 Å². The molecular weight excluding hydrogens is 338 g/mol. The van der Waals surface area contributed by atoms with Crippen molar-refractivity contribution in [3.05, 3.63) is 35.9 Å². The zero-order chi connectivity index (χ0) is 19.3. The maximum atomic E-state index is 12.6. The third-order valence-electron chi connectivity index (χ3n) is 3.86. The maximum absolute atomic E-state index is 12.6. The fraction of sp³-hybridized carbons (Fsp3) is 0.500. The van der Waals surface area contributed by atoms with Gasteiger partial charge in [-0.2, -0.15) is 0 Å². The van der Waals surface area contributed by atoms with E-state index in [4.69, 9.17) is 4.74 Å². The lowest BCUT2D eigenvalue weighted by Crippen LogP contribution is -2.53. The number of hydrogen-bond donors (Lipinski definition) is 3. The van der Waals surface area contributed by atoms with Gasteiger partial charge in [0.1, 0.15) is 11.6 Å². The van der Waals surface area contributed by atoms with Crippen molar-refractivity contribution >= 4 is 18.0 Å². The zero-order valence-electron chi connectivity index (χ0n) is 15.2. The summed E-state index contributed by atoms with van der Waals surface area (Å²) in [5, 5.41) is 13.5. The molecule has 2 rings (SSSR count). The van der Waals surface area contributed by atoms with Crippen molar-refractivity contribution in [2.75, 3.05) is 6.54 Å². The van der Waals surface area contributed by atoms with Crippen molar-refractivity contribution in [3.8, 4) is 0 Å². The first-order valence-electron chi connectivity index (χ1n) is 8.52. The highest BCUT2D eigenvalue weighted by atomic mass is 16.6. The van der Waals surface area contributed by atoms with E-state index in [1.807, 2.05) is 0 Å². The van der Waals surface area contributed by atoms with Crippen LogP contribution in [0.3, 0.4) is 0 Å². The number of amides is 2. The topological polar surface area (TPSA) is 108 Å². The Bertz CT molecular complexity index is 657. The van der Waals surface area contributed by atoms with E-state index in [9.17, 15) is 19.5 Å². The third kappa shape index (κ3) is 5.45. The number of hydrazine groups is 1. The quantitative estimate of drug-likeness (QED) is 0.737. The van der Waals surface area contributed by atoms with E-state index in [0.717, 1.165) is 0 Å². The van der Waals surface area contributed by atoms with Gasteiger partial charge < -0.3 is 15.2 Å². The van der Waals surface area contributed by atoms with Gasteiger partial charge in [-0.05, 0) is 39.2 Å². The standard InChI is InChI=1S/C18H25N3O5/c1-18(2,3)26-17(25)20-21-11-7-10-13(21)15(22)19-14(16(23)24)12-8-5-4-6-9-12/h4-6,8-9,13-14H,7,10-11H2,1-3H3,(H,19,22)(H,20,25)(H,23,24)/t13?,14-/m1/s1. The van der Waals surface area contributed by atoms with Gasteiger partial charge in [-0.1, -0.05) is 30.3 Å². The van der Waals surface area contributed by atoms with Crippen molar-refractivity contribution in [2.24, 2.45) is 0 Å². The van der Waals surface area contributed by atoms with Gasteiger partial charge >= 0.3 is 12.1 Å². The summed E-state index contributed by atoms with van der Waals surface area (Å²) in [6.45, 7) is 5.73. The molecule has 1 aliphatic heterocycles. The minimum atomic E-state index is -1.15. The van der Waals surface area contributed by atoms with Crippen LogP contribution in [0.4, 0.5) is 4.79 Å². The Morgan fingerprint density at radius 3 is 2.46 bits per heavy atom. The van der Waals surface area contributed by atoms with E-state index in [2.05, 4.69) is 10.7 Å². The molecule has 3 N–H and O–H groups in total. The van der Waals surface area contributed by atoms with Crippen molar-refractivity contribution in [1.82, 2.24) is 15.8 Å². The second kappa shape index (κ2) is 8.18. The molecule has 1 aliphatic rings. The second-order valence-corrected chi connectivity index (χ2v) is 7.16. The smallest absolute Gasteiger partial charge is 0.422 e. The van der Waals surface area contributed by atoms with Crippen LogP contribution in [0, 0.1) is 0 Å². The Morgan fingerprint density at radius 2 is 1.88 bits per heavy atom. The molecule has 1 aromatic rings. The molecule has 8 nitrogen and oxygen atoms in total. The first-order chi connectivity index (χ1) is 12.2. The predicted molar refractivity (Wildman–Crippen MR) is 94.1 cm³/mol. The maximum Gasteiger partial charge on any atom is 0.422 e. The Balaban J connectivity index is 2.02. The molecule has 1 heterocycles. The number of nitrogens with zero attached hydrogens (tertiary/aromatic N) is 1. The fourth-order valence-corrected chi connectivity index (χ4v) is 2.76. The summed E-state index contributed by atoms with van der Waals surface area (Å²) in [6.07, 6.45) is 0.578. The highest BCUT2D eigenvalue weighted by Gasteiger charge is 2.35. The minimum absolute atomic E-state index is 0.449. The normalized spacial score (nSPS) is 18.8. The van der Waals surface area contributed by atoms with Crippen LogP contribution in [0.2, 0.25) is 0 Å². The zero-order valence-corrected chi connectivity index (χ0v) is 15.2. The lowest BCUT2D eigenvalue weighted by molar-refractivity contribution is -0.143. The number of rotatable bonds is 5. The number of benzene rings is 1. The van der Waals surface area contributed by atoms with Gasteiger partial charge in [0.15, 0.2) is 6.04 Å². The first kappa shape index (κ1) is 19.7. The summed E-state index contributed by atoms with van der Waals surface area (Å²) in [5.74, 6) is -1.59. The van der Waals surface area contributed by atoms with Crippen molar-refractivity contribution in [2.45, 2.75) is 51.3 Å². The summed E-state index contributed by atoms with van der Waals surface area (Å²) in [6, 6.07) is 6.69. The number of carbonyl (C=O) groups excluding carboxylic acids is 2. The van der Waals surface area contributed by atoms with Gasteiger partial charge in [-0.3, -0.25) is 10.2 Å². The van der Waals surface area contributed by atoms with Gasteiger partial charge in [0.05, 0.1) is 0 Å². The van der Waals surface area contributed by atoms with Gasteiger partial charge in [-0.25, -0.2) is 14.6 Å². The number of nitrogens with one attached hydrogen (secondary N) is 2. The molecule has 1 saturated heterocycles. The Hall–Kier alpha value is -2.61. The van der Waals surface area contributed by atoms with E-state index in [1.54, 1.807) is 51.1 Å². The monoisotopic (exact) mass is 363 g/mol. The lowest BCUT2D eigenvalue weighted by Gasteiger charge is -2.27. The van der Waals surface area contributed by atoms with Crippen molar-refractivity contribution in [3.63, 3.8) is 0 Å². The van der Waals surface area contributed by atoms with Crippen LogP contribution >= 0.6 is 0 Å². The van der Waals surface area contributed by atoms with E-state index < -0.39 is 35.7 Å². The number of aliphatic carboxylic acids is 1. The average Bonchev–Trinajstić information content (AvgIpc) is 2.99. The second-order valence-electron chi connectivity index (χ2n) is 7.16. The number of hydrogen-bond acceptors (Lipinski definition) is 5. The first-order valence-corrected chi connectivity index (χ1v) is 8.52. The number of carboxylic acid groups (broad SMARTS) is 1. The SMILES string of the molecule is CC(C)(C)OC(=O)NN1CCCC1C(=O)N[C@@H](C(=O)O)c1ccccc1. The largest absolute Gasteiger partial charge is 0.479 e. The molecule has 0 saturated carbocycles. The van der Waals surface area contributed by atoms with Crippen LogP contribution < -0.4 is 10.7 Å².